The number of alkyl carbamates (subject to hydrolysis) is 1. The fraction of sp³-hybridized carbons (Fsp3) is 0.467. The van der Waals surface area contributed by atoms with Gasteiger partial charge in [-0.25, -0.2) is 9.59 Å². The molecule has 0 atom stereocenters. The monoisotopic (exact) mass is 294 g/mol. The minimum atomic E-state index is -0.552. The summed E-state index contributed by atoms with van der Waals surface area (Å²) < 4.78 is 9.85. The SMILES string of the molecule is CNc1ccc(C(=O)OC)cc1CNC(=O)OC(C)(C)C. The zero-order valence-electron chi connectivity index (χ0n) is 13.1. The zero-order chi connectivity index (χ0) is 16.0. The van der Waals surface area contributed by atoms with Crippen molar-refractivity contribution in [2.45, 2.75) is 32.9 Å². The van der Waals surface area contributed by atoms with Crippen LogP contribution in [0.15, 0.2) is 18.2 Å². The summed E-state index contributed by atoms with van der Waals surface area (Å²) in [5, 5.41) is 5.67. The van der Waals surface area contributed by atoms with Gasteiger partial charge in [-0.2, -0.15) is 0 Å². The third kappa shape index (κ3) is 5.33. The van der Waals surface area contributed by atoms with E-state index >= 15 is 0 Å². The Morgan fingerprint density at radius 1 is 1.24 bits per heavy atom. The standard InChI is InChI=1S/C15H22N2O4/c1-15(2,3)21-14(19)17-9-11-8-10(13(18)20-5)6-7-12(11)16-4/h6-8,16H,9H2,1-5H3,(H,17,19). The first-order chi connectivity index (χ1) is 9.76. The molecule has 6 heteroatoms. The Labute approximate surface area is 124 Å². The molecular formula is C15H22N2O4. The van der Waals surface area contributed by atoms with Gasteiger partial charge in [-0.05, 0) is 44.5 Å². The van der Waals surface area contributed by atoms with Gasteiger partial charge in [0.2, 0.25) is 0 Å². The number of hydrogen-bond acceptors (Lipinski definition) is 5. The molecule has 1 amide bonds. The maximum Gasteiger partial charge on any atom is 0.407 e. The average Bonchev–Trinajstić information content (AvgIpc) is 2.42. The van der Waals surface area contributed by atoms with Gasteiger partial charge in [-0.15, -0.1) is 0 Å². The van der Waals surface area contributed by atoms with Gasteiger partial charge in [0.25, 0.3) is 0 Å². The maximum absolute atomic E-state index is 11.7. The van der Waals surface area contributed by atoms with Crippen LogP contribution in [-0.2, 0) is 16.0 Å². The molecule has 2 N–H and O–H groups in total. The molecule has 0 saturated carbocycles. The second-order valence-electron chi connectivity index (χ2n) is 5.47. The number of rotatable bonds is 4. The normalized spacial score (nSPS) is 10.7. The van der Waals surface area contributed by atoms with Crippen molar-refractivity contribution in [2.75, 3.05) is 19.5 Å². The number of anilines is 1. The number of hydrogen-bond donors (Lipinski definition) is 2. The molecule has 0 heterocycles. The molecule has 1 aromatic carbocycles. The van der Waals surface area contributed by atoms with Crippen LogP contribution in [0.1, 0.15) is 36.7 Å². The Balaban J connectivity index is 2.81. The van der Waals surface area contributed by atoms with Crippen LogP contribution in [-0.4, -0.2) is 31.8 Å². The number of nitrogens with one attached hydrogen (secondary N) is 2. The Morgan fingerprint density at radius 3 is 2.43 bits per heavy atom. The van der Waals surface area contributed by atoms with Gasteiger partial charge >= 0.3 is 12.1 Å². The topological polar surface area (TPSA) is 76.7 Å². The fourth-order valence-corrected chi connectivity index (χ4v) is 1.71. The Bertz CT molecular complexity index is 521. The molecule has 0 aliphatic heterocycles. The number of methoxy groups -OCH3 is 1. The summed E-state index contributed by atoms with van der Waals surface area (Å²) >= 11 is 0. The summed E-state index contributed by atoms with van der Waals surface area (Å²) in [6, 6.07) is 5.10. The predicted molar refractivity (Wildman–Crippen MR) is 80.4 cm³/mol. The quantitative estimate of drug-likeness (QED) is 0.835. The average molecular weight is 294 g/mol. The van der Waals surface area contributed by atoms with Gasteiger partial charge in [0.1, 0.15) is 5.60 Å². The summed E-state index contributed by atoms with van der Waals surface area (Å²) in [7, 11) is 3.09. The van der Waals surface area contributed by atoms with Crippen molar-refractivity contribution in [1.82, 2.24) is 5.32 Å². The molecule has 0 radical (unpaired) electrons. The fourth-order valence-electron chi connectivity index (χ4n) is 1.71. The molecule has 0 fully saturated rings. The van der Waals surface area contributed by atoms with Crippen molar-refractivity contribution in [3.05, 3.63) is 29.3 Å². The van der Waals surface area contributed by atoms with Crippen LogP contribution in [0.5, 0.6) is 0 Å². The predicted octanol–water partition coefficient (Wildman–Crippen LogP) is 2.54. The first kappa shape index (κ1) is 16.8. The smallest absolute Gasteiger partial charge is 0.407 e. The summed E-state index contributed by atoms with van der Waals surface area (Å²) in [6.07, 6.45) is -0.506. The van der Waals surface area contributed by atoms with Gasteiger partial charge in [0, 0.05) is 19.3 Å². The first-order valence-electron chi connectivity index (χ1n) is 6.62. The zero-order valence-corrected chi connectivity index (χ0v) is 13.1. The molecule has 6 nitrogen and oxygen atoms in total. The molecule has 116 valence electrons. The highest BCUT2D eigenvalue weighted by molar-refractivity contribution is 5.90. The van der Waals surface area contributed by atoms with E-state index in [2.05, 4.69) is 15.4 Å². The molecule has 0 unspecified atom stereocenters. The number of benzene rings is 1. The van der Waals surface area contributed by atoms with Gasteiger partial charge in [0.05, 0.1) is 12.7 Å². The Hall–Kier alpha value is -2.24. The van der Waals surface area contributed by atoms with Gasteiger partial charge in [-0.3, -0.25) is 0 Å². The Kier molecular flexibility index (Phi) is 5.58. The van der Waals surface area contributed by atoms with E-state index in [1.165, 1.54) is 7.11 Å². The van der Waals surface area contributed by atoms with Crippen molar-refractivity contribution in [3.63, 3.8) is 0 Å². The number of esters is 1. The third-order valence-corrected chi connectivity index (χ3v) is 2.62. The van der Waals surface area contributed by atoms with Crippen molar-refractivity contribution in [1.29, 1.82) is 0 Å². The molecule has 21 heavy (non-hydrogen) atoms. The van der Waals surface area contributed by atoms with Gasteiger partial charge < -0.3 is 20.1 Å². The molecule has 1 rings (SSSR count). The molecule has 0 bridgehead atoms. The molecule has 0 aliphatic carbocycles. The molecule has 0 aromatic heterocycles. The summed E-state index contributed by atoms with van der Waals surface area (Å²) in [5.74, 6) is -0.420. The summed E-state index contributed by atoms with van der Waals surface area (Å²) in [4.78, 5) is 23.2. The molecule has 0 spiro atoms. The highest BCUT2D eigenvalue weighted by Crippen LogP contribution is 2.18. The van der Waals surface area contributed by atoms with Crippen LogP contribution in [0, 0.1) is 0 Å². The number of ether oxygens (including phenoxy) is 2. The highest BCUT2D eigenvalue weighted by Gasteiger charge is 2.16. The number of carbonyl (C=O) groups excluding carboxylic acids is 2. The van der Waals surface area contributed by atoms with E-state index in [4.69, 9.17) is 4.74 Å². The molecule has 0 saturated heterocycles. The van der Waals surface area contributed by atoms with E-state index < -0.39 is 17.7 Å². The van der Waals surface area contributed by atoms with Crippen LogP contribution in [0.3, 0.4) is 0 Å². The lowest BCUT2D eigenvalue weighted by molar-refractivity contribution is 0.0523. The lowest BCUT2D eigenvalue weighted by Gasteiger charge is -2.20. The molecule has 1 aromatic rings. The van der Waals surface area contributed by atoms with Crippen LogP contribution >= 0.6 is 0 Å². The first-order valence-corrected chi connectivity index (χ1v) is 6.62. The van der Waals surface area contributed by atoms with E-state index in [9.17, 15) is 9.59 Å². The number of carbonyl (C=O) groups is 2. The largest absolute Gasteiger partial charge is 0.465 e. The van der Waals surface area contributed by atoms with E-state index in [1.54, 1.807) is 46.0 Å². The lowest BCUT2D eigenvalue weighted by Crippen LogP contribution is -2.32. The van der Waals surface area contributed by atoms with E-state index in [-0.39, 0.29) is 6.54 Å². The van der Waals surface area contributed by atoms with E-state index in [0.717, 1.165) is 11.3 Å². The maximum atomic E-state index is 11.7. The van der Waals surface area contributed by atoms with Gasteiger partial charge in [0.15, 0.2) is 0 Å². The van der Waals surface area contributed by atoms with Crippen molar-refractivity contribution < 1.29 is 19.1 Å². The summed E-state index contributed by atoms with van der Waals surface area (Å²) in [6.45, 7) is 5.63. The van der Waals surface area contributed by atoms with Crippen LogP contribution < -0.4 is 10.6 Å². The highest BCUT2D eigenvalue weighted by atomic mass is 16.6. The Morgan fingerprint density at radius 2 is 1.90 bits per heavy atom. The van der Waals surface area contributed by atoms with Crippen LogP contribution in [0.4, 0.5) is 10.5 Å². The van der Waals surface area contributed by atoms with E-state index in [0.29, 0.717) is 5.56 Å². The van der Waals surface area contributed by atoms with Crippen molar-refractivity contribution >= 4 is 17.7 Å². The minimum Gasteiger partial charge on any atom is -0.465 e. The van der Waals surface area contributed by atoms with Crippen molar-refractivity contribution in [2.24, 2.45) is 0 Å². The van der Waals surface area contributed by atoms with Crippen LogP contribution in [0.2, 0.25) is 0 Å². The van der Waals surface area contributed by atoms with E-state index in [1.807, 2.05) is 0 Å². The third-order valence-electron chi connectivity index (χ3n) is 2.62. The summed E-state index contributed by atoms with van der Waals surface area (Å²) in [5.41, 5.74) is 1.46. The number of amides is 1. The second kappa shape index (κ2) is 6.97. The lowest BCUT2D eigenvalue weighted by atomic mass is 10.1. The molecular weight excluding hydrogens is 272 g/mol. The molecule has 0 aliphatic rings. The minimum absolute atomic E-state index is 0.246. The van der Waals surface area contributed by atoms with Crippen LogP contribution in [0.25, 0.3) is 0 Å². The second-order valence-corrected chi connectivity index (χ2v) is 5.47. The van der Waals surface area contributed by atoms with Gasteiger partial charge in [-0.1, -0.05) is 0 Å². The van der Waals surface area contributed by atoms with Crippen molar-refractivity contribution in [3.8, 4) is 0 Å².